The Balaban J connectivity index is 1.67. The van der Waals surface area contributed by atoms with E-state index in [4.69, 9.17) is 9.15 Å². The number of para-hydroxylation sites is 1. The molecule has 0 atom stereocenters. The van der Waals surface area contributed by atoms with Crippen molar-refractivity contribution >= 4 is 17.4 Å². The Bertz CT molecular complexity index is 1140. The lowest BCUT2D eigenvalue weighted by molar-refractivity contribution is 0.0697. The standard InChI is InChI=1S/C26H28N2O3/c1-16-11-17(2)13-20(12-16)30-25(29)24-18(3)23-21(14-26(4,5)15-22(23)31-24)28-27-19-9-7-6-8-10-19/h6-13,27H,14-15H2,1-5H3/b28-21-. The Morgan fingerprint density at radius 2 is 1.71 bits per heavy atom. The van der Waals surface area contributed by atoms with Crippen LogP contribution in [0.2, 0.25) is 0 Å². The summed E-state index contributed by atoms with van der Waals surface area (Å²) >= 11 is 0. The van der Waals surface area contributed by atoms with Crippen molar-refractivity contribution in [1.82, 2.24) is 0 Å². The summed E-state index contributed by atoms with van der Waals surface area (Å²) < 4.78 is 11.7. The average Bonchev–Trinajstić information content (AvgIpc) is 3.01. The normalized spacial score (nSPS) is 16.1. The number of fused-ring (bicyclic) bond motifs is 1. The van der Waals surface area contributed by atoms with Crippen LogP contribution in [-0.4, -0.2) is 11.7 Å². The molecule has 160 valence electrons. The Morgan fingerprint density at radius 1 is 1.03 bits per heavy atom. The lowest BCUT2D eigenvalue weighted by atomic mass is 9.75. The molecule has 0 spiro atoms. The number of carbonyl (C=O) groups is 1. The molecule has 1 heterocycles. The molecule has 1 aliphatic carbocycles. The maximum absolute atomic E-state index is 13.0. The van der Waals surface area contributed by atoms with Gasteiger partial charge in [-0.25, -0.2) is 4.79 Å². The number of ether oxygens (including phenoxy) is 1. The number of furan rings is 1. The summed E-state index contributed by atoms with van der Waals surface area (Å²) in [6.07, 6.45) is 1.52. The maximum Gasteiger partial charge on any atom is 0.379 e. The second kappa shape index (κ2) is 8.06. The van der Waals surface area contributed by atoms with Crippen molar-refractivity contribution in [2.75, 3.05) is 5.43 Å². The van der Waals surface area contributed by atoms with E-state index in [0.717, 1.165) is 52.3 Å². The Kier molecular flexibility index (Phi) is 5.44. The topological polar surface area (TPSA) is 63.8 Å². The lowest BCUT2D eigenvalue weighted by Gasteiger charge is -2.29. The highest BCUT2D eigenvalue weighted by atomic mass is 16.5. The van der Waals surface area contributed by atoms with E-state index in [1.165, 1.54) is 0 Å². The van der Waals surface area contributed by atoms with Crippen LogP contribution in [0, 0.1) is 26.2 Å². The van der Waals surface area contributed by atoms with Crippen molar-refractivity contribution < 1.29 is 13.9 Å². The van der Waals surface area contributed by atoms with Crippen molar-refractivity contribution in [3.05, 3.63) is 82.3 Å². The molecule has 0 bridgehead atoms. The third-order valence-electron chi connectivity index (χ3n) is 5.48. The number of aryl methyl sites for hydroxylation is 2. The number of nitrogens with zero attached hydrogens (tertiary/aromatic N) is 1. The van der Waals surface area contributed by atoms with Crippen LogP contribution in [0.4, 0.5) is 5.69 Å². The number of esters is 1. The molecule has 4 rings (SSSR count). The molecule has 0 saturated carbocycles. The van der Waals surface area contributed by atoms with Gasteiger partial charge in [0.15, 0.2) is 0 Å². The second-order valence-electron chi connectivity index (χ2n) is 9.12. The second-order valence-corrected chi connectivity index (χ2v) is 9.12. The number of nitrogens with one attached hydrogen (secondary N) is 1. The quantitative estimate of drug-likeness (QED) is 0.312. The predicted octanol–water partition coefficient (Wildman–Crippen LogP) is 6.21. The first-order valence-electron chi connectivity index (χ1n) is 10.5. The van der Waals surface area contributed by atoms with E-state index in [2.05, 4.69) is 24.4 Å². The fourth-order valence-corrected chi connectivity index (χ4v) is 4.19. The van der Waals surface area contributed by atoms with Crippen molar-refractivity contribution in [2.45, 2.75) is 47.5 Å². The van der Waals surface area contributed by atoms with E-state index >= 15 is 0 Å². The zero-order valence-corrected chi connectivity index (χ0v) is 18.7. The Morgan fingerprint density at radius 3 is 2.39 bits per heavy atom. The zero-order chi connectivity index (χ0) is 22.2. The number of carbonyl (C=O) groups excluding carboxylic acids is 1. The van der Waals surface area contributed by atoms with Crippen LogP contribution >= 0.6 is 0 Å². The molecule has 0 fully saturated rings. The van der Waals surface area contributed by atoms with Gasteiger partial charge < -0.3 is 9.15 Å². The highest BCUT2D eigenvalue weighted by molar-refractivity contribution is 6.06. The van der Waals surface area contributed by atoms with Gasteiger partial charge in [-0.05, 0) is 68.0 Å². The summed E-state index contributed by atoms with van der Waals surface area (Å²) in [6.45, 7) is 10.2. The molecular formula is C26H28N2O3. The molecule has 5 nitrogen and oxygen atoms in total. The van der Waals surface area contributed by atoms with Crippen LogP contribution < -0.4 is 10.2 Å². The van der Waals surface area contributed by atoms with E-state index in [0.29, 0.717) is 5.75 Å². The molecule has 0 radical (unpaired) electrons. The van der Waals surface area contributed by atoms with Gasteiger partial charge in [-0.15, -0.1) is 0 Å². The molecule has 1 aromatic heterocycles. The molecule has 0 aliphatic heterocycles. The lowest BCUT2D eigenvalue weighted by Crippen LogP contribution is -2.27. The van der Waals surface area contributed by atoms with Crippen LogP contribution in [0.25, 0.3) is 0 Å². The maximum atomic E-state index is 13.0. The van der Waals surface area contributed by atoms with Gasteiger partial charge in [0.2, 0.25) is 5.76 Å². The summed E-state index contributed by atoms with van der Waals surface area (Å²) in [7, 11) is 0. The SMILES string of the molecule is Cc1cc(C)cc(OC(=O)c2oc3c(c2C)/C(=N\Nc2ccccc2)CC(C)(C)C3)c1. The molecule has 0 amide bonds. The van der Waals surface area contributed by atoms with E-state index < -0.39 is 5.97 Å². The molecule has 31 heavy (non-hydrogen) atoms. The smallest absolute Gasteiger partial charge is 0.379 e. The summed E-state index contributed by atoms with van der Waals surface area (Å²) in [5.74, 6) is 1.07. The van der Waals surface area contributed by atoms with E-state index in [1.807, 2.05) is 69.3 Å². The van der Waals surface area contributed by atoms with Crippen molar-refractivity contribution in [3.63, 3.8) is 0 Å². The van der Waals surface area contributed by atoms with Crippen LogP contribution in [0.5, 0.6) is 5.75 Å². The minimum atomic E-state index is -0.481. The molecule has 1 aliphatic rings. The number of anilines is 1. The first-order valence-corrected chi connectivity index (χ1v) is 10.5. The van der Waals surface area contributed by atoms with Gasteiger partial charge in [0.25, 0.3) is 0 Å². The minimum Gasteiger partial charge on any atom is -0.453 e. The Hall–Kier alpha value is -3.34. The first kappa shape index (κ1) is 20.9. The van der Waals surface area contributed by atoms with Crippen LogP contribution in [0.1, 0.15) is 58.8 Å². The molecule has 5 heteroatoms. The number of rotatable bonds is 4. The molecule has 2 aromatic carbocycles. The number of benzene rings is 2. The van der Waals surface area contributed by atoms with Gasteiger partial charge in [0, 0.05) is 17.5 Å². The van der Waals surface area contributed by atoms with Gasteiger partial charge in [-0.2, -0.15) is 5.10 Å². The largest absolute Gasteiger partial charge is 0.453 e. The van der Waals surface area contributed by atoms with E-state index in [1.54, 1.807) is 0 Å². The van der Waals surface area contributed by atoms with Gasteiger partial charge in [-0.1, -0.05) is 38.1 Å². The van der Waals surface area contributed by atoms with Crippen molar-refractivity contribution in [1.29, 1.82) is 0 Å². The monoisotopic (exact) mass is 416 g/mol. The molecule has 0 saturated heterocycles. The molecule has 0 unspecified atom stereocenters. The summed E-state index contributed by atoms with van der Waals surface area (Å²) in [5, 5.41) is 4.69. The zero-order valence-electron chi connectivity index (χ0n) is 18.7. The van der Waals surface area contributed by atoms with Crippen molar-refractivity contribution in [3.8, 4) is 5.75 Å². The van der Waals surface area contributed by atoms with Gasteiger partial charge in [0.05, 0.1) is 11.4 Å². The first-order chi connectivity index (χ1) is 14.7. The summed E-state index contributed by atoms with van der Waals surface area (Å²) in [5.41, 5.74) is 8.69. The Labute approximate surface area is 183 Å². The van der Waals surface area contributed by atoms with Gasteiger partial charge in [0.1, 0.15) is 11.5 Å². The van der Waals surface area contributed by atoms with Crippen LogP contribution in [0.3, 0.4) is 0 Å². The highest BCUT2D eigenvalue weighted by Gasteiger charge is 2.36. The van der Waals surface area contributed by atoms with Gasteiger partial charge >= 0.3 is 5.97 Å². The van der Waals surface area contributed by atoms with E-state index in [9.17, 15) is 4.79 Å². The summed E-state index contributed by atoms with van der Waals surface area (Å²) in [6, 6.07) is 15.6. The number of hydrogen-bond acceptors (Lipinski definition) is 5. The third-order valence-corrected chi connectivity index (χ3v) is 5.48. The fraction of sp³-hybridized carbons (Fsp3) is 0.308. The van der Waals surface area contributed by atoms with Crippen molar-refractivity contribution in [2.24, 2.45) is 10.5 Å². The minimum absolute atomic E-state index is 0.0245. The highest BCUT2D eigenvalue weighted by Crippen LogP contribution is 2.39. The fourth-order valence-electron chi connectivity index (χ4n) is 4.19. The van der Waals surface area contributed by atoms with E-state index in [-0.39, 0.29) is 11.2 Å². The predicted molar refractivity (Wildman–Crippen MR) is 123 cm³/mol. The molecular weight excluding hydrogens is 388 g/mol. The average molecular weight is 417 g/mol. The number of hydrogen-bond donors (Lipinski definition) is 1. The molecule has 3 aromatic rings. The number of hydrazone groups is 1. The third kappa shape index (κ3) is 4.55. The summed E-state index contributed by atoms with van der Waals surface area (Å²) in [4.78, 5) is 13.0. The molecule has 1 N–H and O–H groups in total. The van der Waals surface area contributed by atoms with Gasteiger partial charge in [-0.3, -0.25) is 5.43 Å². The van der Waals surface area contributed by atoms with Crippen LogP contribution in [-0.2, 0) is 6.42 Å². The van der Waals surface area contributed by atoms with Crippen LogP contribution in [0.15, 0.2) is 58.0 Å².